The number of hydrogen-bond acceptors (Lipinski definition) is 5. The fraction of sp³-hybridized carbons (Fsp3) is 0.357. The summed E-state index contributed by atoms with van der Waals surface area (Å²) in [5, 5.41) is 9.38. The van der Waals surface area contributed by atoms with Crippen LogP contribution in [0, 0.1) is 6.92 Å². The van der Waals surface area contributed by atoms with Crippen LogP contribution in [-0.2, 0) is 9.59 Å². The molecule has 34 heavy (non-hydrogen) atoms. The quantitative estimate of drug-likeness (QED) is 0.371. The highest BCUT2D eigenvalue weighted by molar-refractivity contribution is 6.07. The average molecular weight is 469 g/mol. The monoisotopic (exact) mass is 468 g/mol. The number of carbonyl (C=O) groups is 2. The average Bonchev–Trinajstić information content (AvgIpc) is 3.07. The number of hydrogen-bond donors (Lipinski definition) is 1. The van der Waals surface area contributed by atoms with Gasteiger partial charge in [-0.2, -0.15) is 0 Å². The van der Waals surface area contributed by atoms with Gasteiger partial charge in [-0.25, -0.2) is 0 Å². The Morgan fingerprint density at radius 2 is 1.59 bits per heavy atom. The predicted octanol–water partition coefficient (Wildman–Crippen LogP) is 6.79. The maximum atomic E-state index is 11.4. The van der Waals surface area contributed by atoms with Gasteiger partial charge in [-0.3, -0.25) is 9.59 Å². The summed E-state index contributed by atoms with van der Waals surface area (Å²) in [6.07, 6.45) is 1.92. The molecule has 1 aliphatic carbocycles. The molecule has 1 N–H and O–H groups in total. The number of allylic oxidation sites excluding steroid dienone is 2. The molecule has 0 aromatic heterocycles. The lowest BCUT2D eigenvalue weighted by atomic mass is 9.99. The molecule has 0 saturated carbocycles. The highest BCUT2D eigenvalue weighted by Gasteiger charge is 2.26. The molecule has 184 valence electrons. The second-order valence-electron chi connectivity index (χ2n) is 7.11. The Morgan fingerprint density at radius 1 is 0.941 bits per heavy atom. The highest BCUT2D eigenvalue weighted by atomic mass is 16.6. The number of fused-ring (bicyclic) bond motifs is 1. The molecular formula is C28H36O6. The van der Waals surface area contributed by atoms with Crippen molar-refractivity contribution in [1.82, 2.24) is 0 Å². The number of methoxy groups -OCH3 is 2. The van der Waals surface area contributed by atoms with E-state index in [-0.39, 0.29) is 6.42 Å². The summed E-state index contributed by atoms with van der Waals surface area (Å²) in [6.45, 7) is 13.1. The second kappa shape index (κ2) is 13.2. The molecule has 0 fully saturated rings. The number of carboxylic acid groups (broad SMARTS) is 1. The van der Waals surface area contributed by atoms with E-state index < -0.39 is 11.9 Å². The maximum absolute atomic E-state index is 11.4. The smallest absolute Gasteiger partial charge is 0.308 e. The molecular weight excluding hydrogens is 432 g/mol. The van der Waals surface area contributed by atoms with Crippen LogP contribution in [0.15, 0.2) is 35.9 Å². The summed E-state index contributed by atoms with van der Waals surface area (Å²) in [6, 6.07) is 9.37. The molecule has 3 rings (SSSR count). The minimum absolute atomic E-state index is 0.0723. The zero-order valence-corrected chi connectivity index (χ0v) is 21.7. The Bertz CT molecular complexity index is 1090. The van der Waals surface area contributed by atoms with Crippen molar-refractivity contribution in [3.05, 3.63) is 58.2 Å². The van der Waals surface area contributed by atoms with E-state index in [1.807, 2.05) is 71.9 Å². The SMILES string of the molecule is CC.CC.COc1ccc2c(c1)C(CC(=O)O)=C(C)/C2=C/c1cc(C)c(OC(C)=O)c(OC)c1. The van der Waals surface area contributed by atoms with Crippen molar-refractivity contribution < 1.29 is 28.9 Å². The molecule has 6 heteroatoms. The van der Waals surface area contributed by atoms with E-state index in [4.69, 9.17) is 14.2 Å². The van der Waals surface area contributed by atoms with Crippen molar-refractivity contribution in [1.29, 1.82) is 0 Å². The molecule has 0 radical (unpaired) electrons. The lowest BCUT2D eigenvalue weighted by molar-refractivity contribution is -0.136. The van der Waals surface area contributed by atoms with Gasteiger partial charge in [0.25, 0.3) is 0 Å². The van der Waals surface area contributed by atoms with Gasteiger partial charge in [0.2, 0.25) is 0 Å². The Kier molecular flexibility index (Phi) is 11.1. The summed E-state index contributed by atoms with van der Waals surface area (Å²) in [4.78, 5) is 22.8. The zero-order chi connectivity index (χ0) is 26.0. The van der Waals surface area contributed by atoms with E-state index in [0.29, 0.717) is 17.2 Å². The van der Waals surface area contributed by atoms with Gasteiger partial charge in [0.15, 0.2) is 11.5 Å². The van der Waals surface area contributed by atoms with E-state index in [2.05, 4.69) is 0 Å². The maximum Gasteiger partial charge on any atom is 0.308 e. The van der Waals surface area contributed by atoms with Crippen LogP contribution < -0.4 is 14.2 Å². The predicted molar refractivity (Wildman–Crippen MR) is 137 cm³/mol. The number of aliphatic carboxylic acids is 1. The topological polar surface area (TPSA) is 82.1 Å². The van der Waals surface area contributed by atoms with Gasteiger partial charge >= 0.3 is 11.9 Å². The molecule has 6 nitrogen and oxygen atoms in total. The largest absolute Gasteiger partial charge is 0.497 e. The molecule has 0 saturated heterocycles. The van der Waals surface area contributed by atoms with Crippen LogP contribution in [0.4, 0.5) is 0 Å². The van der Waals surface area contributed by atoms with Crippen molar-refractivity contribution >= 4 is 29.2 Å². The van der Waals surface area contributed by atoms with Crippen LogP contribution in [0.3, 0.4) is 0 Å². The van der Waals surface area contributed by atoms with Crippen LogP contribution in [-0.4, -0.2) is 31.3 Å². The van der Waals surface area contributed by atoms with Gasteiger partial charge in [-0.15, -0.1) is 0 Å². The van der Waals surface area contributed by atoms with Crippen LogP contribution >= 0.6 is 0 Å². The van der Waals surface area contributed by atoms with Crippen LogP contribution in [0.25, 0.3) is 17.2 Å². The summed E-state index contributed by atoms with van der Waals surface area (Å²) in [5.41, 5.74) is 6.03. The minimum atomic E-state index is -0.886. The van der Waals surface area contributed by atoms with Crippen LogP contribution in [0.1, 0.15) is 70.2 Å². The van der Waals surface area contributed by atoms with Gasteiger partial charge in [0.05, 0.1) is 20.6 Å². The number of aryl methyl sites for hydroxylation is 1. The molecule has 0 aliphatic heterocycles. The Morgan fingerprint density at radius 3 is 2.12 bits per heavy atom. The van der Waals surface area contributed by atoms with Crippen molar-refractivity contribution in [2.24, 2.45) is 0 Å². The third kappa shape index (κ3) is 6.50. The first-order valence-corrected chi connectivity index (χ1v) is 11.4. The van der Waals surface area contributed by atoms with Crippen molar-refractivity contribution in [2.45, 2.75) is 54.9 Å². The Labute approximate surface area is 202 Å². The molecule has 0 spiro atoms. The highest BCUT2D eigenvalue weighted by Crippen LogP contribution is 2.45. The van der Waals surface area contributed by atoms with Gasteiger partial charge in [0.1, 0.15) is 5.75 Å². The first kappa shape index (κ1) is 28.5. The van der Waals surface area contributed by atoms with E-state index >= 15 is 0 Å². The molecule has 0 unspecified atom stereocenters. The third-order valence-electron chi connectivity index (χ3n) is 5.07. The molecule has 1 aliphatic rings. The molecule has 0 atom stereocenters. The van der Waals surface area contributed by atoms with Gasteiger partial charge in [-0.1, -0.05) is 33.8 Å². The summed E-state index contributed by atoms with van der Waals surface area (Å²) in [7, 11) is 3.10. The summed E-state index contributed by atoms with van der Waals surface area (Å²) < 4.78 is 16.0. The number of carboxylic acids is 1. The van der Waals surface area contributed by atoms with Gasteiger partial charge in [0, 0.05) is 6.92 Å². The lowest BCUT2D eigenvalue weighted by Crippen LogP contribution is -2.05. The van der Waals surface area contributed by atoms with E-state index in [1.54, 1.807) is 13.2 Å². The molecule has 2 aromatic carbocycles. The molecule has 0 bridgehead atoms. The van der Waals surface area contributed by atoms with Crippen LogP contribution in [0.2, 0.25) is 0 Å². The number of rotatable bonds is 6. The van der Waals surface area contributed by atoms with E-state index in [9.17, 15) is 14.7 Å². The molecule has 0 heterocycles. The minimum Gasteiger partial charge on any atom is -0.497 e. The fourth-order valence-electron chi connectivity index (χ4n) is 3.71. The van der Waals surface area contributed by atoms with Gasteiger partial charge in [-0.05, 0) is 83.2 Å². The van der Waals surface area contributed by atoms with E-state index in [0.717, 1.165) is 39.0 Å². The number of carbonyl (C=O) groups excluding carboxylic acids is 1. The van der Waals surface area contributed by atoms with Crippen molar-refractivity contribution in [3.63, 3.8) is 0 Å². The number of esters is 1. The Hall–Kier alpha value is -3.54. The third-order valence-corrected chi connectivity index (χ3v) is 5.07. The van der Waals surface area contributed by atoms with Gasteiger partial charge < -0.3 is 19.3 Å². The molecule has 2 aromatic rings. The summed E-state index contributed by atoms with van der Waals surface area (Å²) >= 11 is 0. The van der Waals surface area contributed by atoms with E-state index in [1.165, 1.54) is 14.0 Å². The second-order valence-corrected chi connectivity index (χ2v) is 7.11. The molecule has 0 amide bonds. The normalized spacial score (nSPS) is 12.7. The number of benzene rings is 2. The van der Waals surface area contributed by atoms with Crippen LogP contribution in [0.5, 0.6) is 17.2 Å². The first-order chi connectivity index (χ1) is 16.2. The zero-order valence-electron chi connectivity index (χ0n) is 21.7. The number of ether oxygens (including phenoxy) is 3. The first-order valence-electron chi connectivity index (χ1n) is 11.4. The summed E-state index contributed by atoms with van der Waals surface area (Å²) in [5.74, 6) is 0.217. The van der Waals surface area contributed by atoms with Crippen molar-refractivity contribution in [2.75, 3.05) is 14.2 Å². The van der Waals surface area contributed by atoms with Crippen molar-refractivity contribution in [3.8, 4) is 17.2 Å². The Balaban J connectivity index is 0.00000137. The lowest BCUT2D eigenvalue weighted by Gasteiger charge is -2.13. The standard InChI is InChI=1S/C24H24O6.2C2H6/c1-13-8-16(10-22(29-5)24(13)30-15(3)25)9-19-14(2)20(12-23(26)27)21-11-17(28-4)6-7-18(19)21;2*1-2/h6-11H,12H2,1-5H3,(H,26,27);2*1-2H3/b19-9-;;. The fourth-order valence-corrected chi connectivity index (χ4v) is 3.71.